The van der Waals surface area contributed by atoms with Gasteiger partial charge in [0, 0.05) is 5.33 Å². The Labute approximate surface area is 189 Å². The molecule has 5 heteroatoms. The Morgan fingerprint density at radius 1 is 0.667 bits per heavy atom. The first-order chi connectivity index (χ1) is 14.8. The number of benzene rings is 2. The molecule has 0 atom stereocenters. The van der Waals surface area contributed by atoms with Crippen LogP contribution in [0.5, 0.6) is 5.75 Å². The lowest BCUT2D eigenvalue weighted by molar-refractivity contribution is 0.304. The van der Waals surface area contributed by atoms with Gasteiger partial charge >= 0.3 is 0 Å². The van der Waals surface area contributed by atoms with Crippen molar-refractivity contribution < 1.29 is 4.74 Å². The van der Waals surface area contributed by atoms with Gasteiger partial charge in [-0.3, -0.25) is 0 Å². The molecule has 0 aliphatic carbocycles. The van der Waals surface area contributed by atoms with Crippen LogP contribution in [0.1, 0.15) is 69.8 Å². The van der Waals surface area contributed by atoms with Gasteiger partial charge in [-0.05, 0) is 61.4 Å². The number of hydrogen-bond donors (Lipinski definition) is 0. The Bertz CT molecular complexity index is 766. The Balaban J connectivity index is 1.53. The zero-order valence-corrected chi connectivity index (χ0v) is 19.3. The lowest BCUT2D eigenvalue weighted by atomic mass is 10.1. The van der Waals surface area contributed by atoms with Crippen molar-refractivity contribution in [1.82, 2.24) is 0 Å². The van der Waals surface area contributed by atoms with Crippen molar-refractivity contribution in [3.05, 3.63) is 54.1 Å². The maximum absolute atomic E-state index is 8.81. The summed E-state index contributed by atoms with van der Waals surface area (Å²) in [6, 6.07) is 16.8. The van der Waals surface area contributed by atoms with E-state index in [4.69, 9.17) is 10.00 Å². The van der Waals surface area contributed by atoms with Gasteiger partial charge in [0.05, 0.1) is 29.6 Å². The highest BCUT2D eigenvalue weighted by atomic mass is 79.9. The number of rotatable bonds is 15. The van der Waals surface area contributed by atoms with E-state index in [2.05, 4.69) is 32.2 Å². The smallest absolute Gasteiger partial charge is 0.119 e. The predicted octanol–water partition coefficient (Wildman–Crippen LogP) is 8.65. The summed E-state index contributed by atoms with van der Waals surface area (Å²) in [4.78, 5) is 0. The van der Waals surface area contributed by atoms with Crippen molar-refractivity contribution in [3.8, 4) is 11.8 Å². The van der Waals surface area contributed by atoms with Crippen LogP contribution in [-0.4, -0.2) is 11.9 Å². The van der Waals surface area contributed by atoms with Gasteiger partial charge in [-0.25, -0.2) is 0 Å². The summed E-state index contributed by atoms with van der Waals surface area (Å²) in [6.07, 6.45) is 13.2. The summed E-state index contributed by atoms with van der Waals surface area (Å²) in [5, 5.41) is 18.4. The molecule has 0 N–H and O–H groups in total. The molecule has 0 spiro atoms. The van der Waals surface area contributed by atoms with E-state index in [1.807, 2.05) is 24.3 Å². The number of unbranched alkanes of at least 4 members (excludes halogenated alkanes) is 9. The molecular formula is C25H32BrN3O. The summed E-state index contributed by atoms with van der Waals surface area (Å²) >= 11 is 3.48. The van der Waals surface area contributed by atoms with Gasteiger partial charge in [0.25, 0.3) is 0 Å². The molecule has 160 valence electrons. The molecule has 0 aliphatic heterocycles. The van der Waals surface area contributed by atoms with Gasteiger partial charge in [-0.15, -0.1) is 0 Å². The maximum Gasteiger partial charge on any atom is 0.119 e. The molecule has 4 nitrogen and oxygen atoms in total. The fourth-order valence-corrected chi connectivity index (χ4v) is 3.52. The van der Waals surface area contributed by atoms with Crippen LogP contribution in [0.15, 0.2) is 58.8 Å². The van der Waals surface area contributed by atoms with Crippen LogP contribution >= 0.6 is 15.9 Å². The van der Waals surface area contributed by atoms with E-state index < -0.39 is 0 Å². The van der Waals surface area contributed by atoms with Crippen LogP contribution in [0, 0.1) is 11.3 Å². The molecule has 2 aromatic rings. The van der Waals surface area contributed by atoms with E-state index in [9.17, 15) is 0 Å². The molecular weight excluding hydrogens is 438 g/mol. The van der Waals surface area contributed by atoms with E-state index >= 15 is 0 Å². The molecule has 0 unspecified atom stereocenters. The van der Waals surface area contributed by atoms with E-state index in [1.54, 1.807) is 24.3 Å². The second kappa shape index (κ2) is 15.6. The van der Waals surface area contributed by atoms with Crippen molar-refractivity contribution in [1.29, 1.82) is 5.26 Å². The minimum absolute atomic E-state index is 0.617. The summed E-state index contributed by atoms with van der Waals surface area (Å²) < 4.78 is 5.83. The Morgan fingerprint density at radius 2 is 1.13 bits per heavy atom. The van der Waals surface area contributed by atoms with Gasteiger partial charge in [0.2, 0.25) is 0 Å². The van der Waals surface area contributed by atoms with Crippen LogP contribution in [0.3, 0.4) is 0 Å². The quantitative estimate of drug-likeness (QED) is 0.149. The molecule has 2 rings (SSSR count). The summed E-state index contributed by atoms with van der Waals surface area (Å²) in [5.74, 6) is 0.871. The van der Waals surface area contributed by atoms with Gasteiger partial charge in [-0.2, -0.15) is 15.5 Å². The standard InChI is InChI=1S/C25H32BrN3O/c26-19-9-7-5-3-1-2-4-6-8-10-20-30-25-17-15-24(16-18-25)29-28-23-13-11-22(21-27)12-14-23/h11-18H,1-10,19-20H2. The second-order valence-corrected chi connectivity index (χ2v) is 8.22. The van der Waals surface area contributed by atoms with Gasteiger partial charge < -0.3 is 4.74 Å². The number of halogens is 1. The van der Waals surface area contributed by atoms with Gasteiger partial charge in [0.1, 0.15) is 5.75 Å². The van der Waals surface area contributed by atoms with Gasteiger partial charge in [-0.1, -0.05) is 67.3 Å². The first kappa shape index (κ1) is 24.1. The molecule has 30 heavy (non-hydrogen) atoms. The highest BCUT2D eigenvalue weighted by Gasteiger charge is 1.97. The van der Waals surface area contributed by atoms with Crippen molar-refractivity contribution in [2.24, 2.45) is 10.2 Å². The van der Waals surface area contributed by atoms with E-state index in [0.29, 0.717) is 5.56 Å². The normalized spacial score (nSPS) is 10.9. The largest absolute Gasteiger partial charge is 0.494 e. The van der Waals surface area contributed by atoms with Crippen molar-refractivity contribution in [2.75, 3.05) is 11.9 Å². The molecule has 0 aromatic heterocycles. The molecule has 0 heterocycles. The lowest BCUT2D eigenvalue weighted by Gasteiger charge is -2.06. The lowest BCUT2D eigenvalue weighted by Crippen LogP contribution is -1.96. The molecule has 0 aliphatic rings. The minimum atomic E-state index is 0.617. The average molecular weight is 470 g/mol. The van der Waals surface area contributed by atoms with Crippen LogP contribution < -0.4 is 4.74 Å². The zero-order valence-electron chi connectivity index (χ0n) is 17.7. The summed E-state index contributed by atoms with van der Waals surface area (Å²) in [6.45, 7) is 0.763. The van der Waals surface area contributed by atoms with Crippen molar-refractivity contribution >= 4 is 27.3 Å². The van der Waals surface area contributed by atoms with E-state index in [-0.39, 0.29) is 0 Å². The van der Waals surface area contributed by atoms with Crippen molar-refractivity contribution in [2.45, 2.75) is 64.2 Å². The van der Waals surface area contributed by atoms with Crippen LogP contribution in [0.2, 0.25) is 0 Å². The third-order valence-corrected chi connectivity index (χ3v) is 5.47. The monoisotopic (exact) mass is 469 g/mol. The fraction of sp³-hybridized carbons (Fsp3) is 0.480. The van der Waals surface area contributed by atoms with Crippen molar-refractivity contribution in [3.63, 3.8) is 0 Å². The van der Waals surface area contributed by atoms with Gasteiger partial charge in [0.15, 0.2) is 0 Å². The number of alkyl halides is 1. The minimum Gasteiger partial charge on any atom is -0.494 e. The highest BCUT2D eigenvalue weighted by Crippen LogP contribution is 2.22. The Hall–Kier alpha value is -2.19. The number of nitriles is 1. The second-order valence-electron chi connectivity index (χ2n) is 7.43. The molecule has 0 bridgehead atoms. The molecule has 0 fully saturated rings. The van der Waals surface area contributed by atoms with Crippen LogP contribution in [0.25, 0.3) is 0 Å². The number of nitrogens with zero attached hydrogens (tertiary/aromatic N) is 3. The number of hydrogen-bond acceptors (Lipinski definition) is 4. The third-order valence-electron chi connectivity index (χ3n) is 4.91. The first-order valence-corrected chi connectivity index (χ1v) is 12.1. The summed E-state index contributed by atoms with van der Waals surface area (Å²) in [7, 11) is 0. The van der Waals surface area contributed by atoms with Crippen LogP contribution in [0.4, 0.5) is 11.4 Å². The Morgan fingerprint density at radius 3 is 1.63 bits per heavy atom. The predicted molar refractivity (Wildman–Crippen MR) is 127 cm³/mol. The maximum atomic E-state index is 8.81. The van der Waals surface area contributed by atoms with E-state index in [1.165, 1.54) is 57.8 Å². The fourth-order valence-electron chi connectivity index (χ4n) is 3.13. The number of ether oxygens (including phenoxy) is 1. The highest BCUT2D eigenvalue weighted by molar-refractivity contribution is 9.09. The molecule has 0 saturated heterocycles. The molecule has 0 saturated carbocycles. The number of azo groups is 1. The third kappa shape index (κ3) is 10.5. The van der Waals surface area contributed by atoms with Crippen LogP contribution in [-0.2, 0) is 0 Å². The Kier molecular flexibility index (Phi) is 12.5. The molecule has 0 radical (unpaired) electrons. The molecule has 0 amide bonds. The average Bonchev–Trinajstić information content (AvgIpc) is 2.79. The first-order valence-electron chi connectivity index (χ1n) is 11.0. The zero-order chi connectivity index (χ0) is 21.3. The van der Waals surface area contributed by atoms with E-state index in [0.717, 1.165) is 35.5 Å². The SMILES string of the molecule is N#Cc1ccc(N=Nc2ccc(OCCCCCCCCCCCCBr)cc2)cc1. The topological polar surface area (TPSA) is 57.7 Å². The molecule has 2 aromatic carbocycles. The summed E-state index contributed by atoms with van der Waals surface area (Å²) in [5.41, 5.74) is 2.12.